The van der Waals surface area contributed by atoms with Gasteiger partial charge < -0.3 is 14.8 Å². The van der Waals surface area contributed by atoms with Crippen molar-refractivity contribution in [3.63, 3.8) is 0 Å². The predicted octanol–water partition coefficient (Wildman–Crippen LogP) is 6.20. The zero-order chi connectivity index (χ0) is 24.1. The van der Waals surface area contributed by atoms with E-state index in [2.05, 4.69) is 31.1 Å². The molecule has 1 N–H and O–H groups in total. The Kier molecular flexibility index (Phi) is 6.93. The molecule has 0 unspecified atom stereocenters. The third-order valence-electron chi connectivity index (χ3n) is 5.23. The van der Waals surface area contributed by atoms with Crippen molar-refractivity contribution < 1.29 is 14.3 Å². The Hall–Kier alpha value is -3.71. The SMILES string of the molecule is COc1ccc(OCC(=O)Nc2cccc(-c3csc(-c4ccncc4)n3)c2)c(C(C)(C)C)c1. The van der Waals surface area contributed by atoms with Crippen molar-refractivity contribution in [2.75, 3.05) is 19.0 Å². The molecule has 6 nitrogen and oxygen atoms in total. The van der Waals surface area contributed by atoms with E-state index in [4.69, 9.17) is 14.5 Å². The normalized spacial score (nSPS) is 11.2. The molecule has 34 heavy (non-hydrogen) atoms. The molecule has 0 saturated heterocycles. The van der Waals surface area contributed by atoms with Gasteiger partial charge in [0, 0.05) is 40.2 Å². The van der Waals surface area contributed by atoms with E-state index in [-0.39, 0.29) is 17.9 Å². The van der Waals surface area contributed by atoms with Crippen molar-refractivity contribution in [3.8, 4) is 33.3 Å². The number of thiazole rings is 1. The van der Waals surface area contributed by atoms with Gasteiger partial charge in [0.2, 0.25) is 0 Å². The van der Waals surface area contributed by atoms with Crippen LogP contribution in [-0.4, -0.2) is 29.6 Å². The third-order valence-corrected chi connectivity index (χ3v) is 6.12. The summed E-state index contributed by atoms with van der Waals surface area (Å²) in [7, 11) is 1.63. The fourth-order valence-corrected chi connectivity index (χ4v) is 4.31. The van der Waals surface area contributed by atoms with Crippen LogP contribution < -0.4 is 14.8 Å². The van der Waals surface area contributed by atoms with Gasteiger partial charge in [-0.05, 0) is 47.9 Å². The fourth-order valence-electron chi connectivity index (χ4n) is 3.48. The van der Waals surface area contributed by atoms with E-state index >= 15 is 0 Å². The number of methoxy groups -OCH3 is 1. The lowest BCUT2D eigenvalue weighted by Crippen LogP contribution is -2.22. The number of pyridine rings is 1. The van der Waals surface area contributed by atoms with Crippen LogP contribution in [0.1, 0.15) is 26.3 Å². The van der Waals surface area contributed by atoms with Crippen molar-refractivity contribution in [2.24, 2.45) is 0 Å². The summed E-state index contributed by atoms with van der Waals surface area (Å²) < 4.78 is 11.2. The molecule has 7 heteroatoms. The molecule has 174 valence electrons. The molecule has 4 rings (SSSR count). The summed E-state index contributed by atoms with van der Waals surface area (Å²) in [6.45, 7) is 6.19. The molecular weight excluding hydrogens is 446 g/mol. The Morgan fingerprint density at radius 2 is 1.82 bits per heavy atom. The van der Waals surface area contributed by atoms with Crippen molar-refractivity contribution in [1.29, 1.82) is 0 Å². The molecule has 2 heterocycles. The van der Waals surface area contributed by atoms with Crippen LogP contribution in [0.4, 0.5) is 5.69 Å². The molecule has 0 radical (unpaired) electrons. The summed E-state index contributed by atoms with van der Waals surface area (Å²) in [5.74, 6) is 1.19. The second-order valence-electron chi connectivity index (χ2n) is 8.80. The smallest absolute Gasteiger partial charge is 0.262 e. The minimum absolute atomic E-state index is 0.0947. The lowest BCUT2D eigenvalue weighted by Gasteiger charge is -2.23. The number of hydrogen-bond donors (Lipinski definition) is 1. The highest BCUT2D eigenvalue weighted by Crippen LogP contribution is 2.34. The van der Waals surface area contributed by atoms with Gasteiger partial charge in [-0.15, -0.1) is 11.3 Å². The number of rotatable bonds is 7. The highest BCUT2D eigenvalue weighted by atomic mass is 32.1. The van der Waals surface area contributed by atoms with Crippen LogP contribution >= 0.6 is 11.3 Å². The van der Waals surface area contributed by atoms with Crippen molar-refractivity contribution in [2.45, 2.75) is 26.2 Å². The Morgan fingerprint density at radius 1 is 1.03 bits per heavy atom. The molecule has 0 aliphatic rings. The lowest BCUT2D eigenvalue weighted by molar-refractivity contribution is -0.118. The number of carbonyl (C=O) groups excluding carboxylic acids is 1. The molecule has 2 aromatic heterocycles. The van der Waals surface area contributed by atoms with Crippen LogP contribution in [0.3, 0.4) is 0 Å². The van der Waals surface area contributed by atoms with Gasteiger partial charge in [0.05, 0.1) is 12.8 Å². The van der Waals surface area contributed by atoms with E-state index in [0.29, 0.717) is 11.4 Å². The van der Waals surface area contributed by atoms with Gasteiger partial charge in [-0.3, -0.25) is 9.78 Å². The van der Waals surface area contributed by atoms with Crippen LogP contribution in [0.25, 0.3) is 21.8 Å². The maximum atomic E-state index is 12.6. The average Bonchev–Trinajstić information content (AvgIpc) is 3.33. The zero-order valence-electron chi connectivity index (χ0n) is 19.7. The van der Waals surface area contributed by atoms with Crippen LogP contribution in [-0.2, 0) is 10.2 Å². The second-order valence-corrected chi connectivity index (χ2v) is 9.66. The van der Waals surface area contributed by atoms with Gasteiger partial charge in [0.25, 0.3) is 5.91 Å². The number of benzene rings is 2. The topological polar surface area (TPSA) is 73.3 Å². The highest BCUT2D eigenvalue weighted by molar-refractivity contribution is 7.13. The number of aromatic nitrogens is 2. The van der Waals surface area contributed by atoms with E-state index < -0.39 is 0 Å². The average molecular weight is 474 g/mol. The molecule has 0 fully saturated rings. The fraction of sp³-hybridized carbons (Fsp3) is 0.222. The summed E-state index contributed by atoms with van der Waals surface area (Å²) in [6, 6.07) is 17.1. The summed E-state index contributed by atoms with van der Waals surface area (Å²) >= 11 is 1.57. The van der Waals surface area contributed by atoms with Gasteiger partial charge in [-0.25, -0.2) is 4.98 Å². The van der Waals surface area contributed by atoms with Gasteiger partial charge in [-0.2, -0.15) is 0 Å². The van der Waals surface area contributed by atoms with E-state index in [9.17, 15) is 4.79 Å². The molecule has 0 aliphatic carbocycles. The largest absolute Gasteiger partial charge is 0.497 e. The Bertz CT molecular complexity index is 1280. The first-order valence-corrected chi connectivity index (χ1v) is 11.8. The number of carbonyl (C=O) groups is 1. The maximum absolute atomic E-state index is 12.6. The number of amides is 1. The van der Waals surface area contributed by atoms with Crippen molar-refractivity contribution in [1.82, 2.24) is 9.97 Å². The first-order valence-electron chi connectivity index (χ1n) is 10.9. The first kappa shape index (κ1) is 23.4. The van der Waals surface area contributed by atoms with Gasteiger partial charge in [0.1, 0.15) is 16.5 Å². The Labute approximate surface area is 203 Å². The van der Waals surface area contributed by atoms with Gasteiger partial charge >= 0.3 is 0 Å². The minimum Gasteiger partial charge on any atom is -0.497 e. The second kappa shape index (κ2) is 10.1. The molecule has 0 aliphatic heterocycles. The number of nitrogens with zero attached hydrogens (tertiary/aromatic N) is 2. The number of ether oxygens (including phenoxy) is 2. The van der Waals surface area contributed by atoms with E-state index in [1.54, 1.807) is 30.8 Å². The van der Waals surface area contributed by atoms with Crippen molar-refractivity contribution in [3.05, 3.63) is 77.9 Å². The predicted molar refractivity (Wildman–Crippen MR) is 137 cm³/mol. The summed E-state index contributed by atoms with van der Waals surface area (Å²) in [4.78, 5) is 21.4. The molecule has 1 amide bonds. The number of hydrogen-bond acceptors (Lipinski definition) is 6. The molecule has 0 spiro atoms. The molecule has 0 atom stereocenters. The Balaban J connectivity index is 1.43. The Morgan fingerprint density at radius 3 is 2.56 bits per heavy atom. The highest BCUT2D eigenvalue weighted by Gasteiger charge is 2.20. The number of nitrogens with one attached hydrogen (secondary N) is 1. The minimum atomic E-state index is -0.233. The number of anilines is 1. The molecule has 2 aromatic carbocycles. The monoisotopic (exact) mass is 473 g/mol. The third kappa shape index (κ3) is 5.61. The van der Waals surface area contributed by atoms with Crippen molar-refractivity contribution >= 4 is 22.9 Å². The summed E-state index contributed by atoms with van der Waals surface area (Å²) in [5.41, 5.74) is 4.33. The maximum Gasteiger partial charge on any atom is 0.262 e. The lowest BCUT2D eigenvalue weighted by atomic mass is 9.86. The standard InChI is InChI=1S/C27H27N3O3S/c1-27(2,3)22-15-21(32-4)8-9-24(22)33-16-25(31)29-20-7-5-6-19(14-20)23-17-34-26(30-23)18-10-12-28-13-11-18/h5-15,17H,16H2,1-4H3,(H,29,31). The van der Waals surface area contributed by atoms with E-state index in [1.807, 2.05) is 60.0 Å². The molecule has 4 aromatic rings. The molecule has 0 bridgehead atoms. The zero-order valence-corrected chi connectivity index (χ0v) is 20.5. The van der Waals surface area contributed by atoms with Crippen LogP contribution in [0.2, 0.25) is 0 Å². The summed E-state index contributed by atoms with van der Waals surface area (Å²) in [5, 5.41) is 5.86. The molecule has 0 saturated carbocycles. The summed E-state index contributed by atoms with van der Waals surface area (Å²) in [6.07, 6.45) is 3.51. The molecular formula is C27H27N3O3S. The van der Waals surface area contributed by atoms with E-state index in [1.165, 1.54) is 0 Å². The quantitative estimate of drug-likeness (QED) is 0.346. The first-order chi connectivity index (χ1) is 16.3. The van der Waals surface area contributed by atoms with Gasteiger partial charge in [-0.1, -0.05) is 32.9 Å². The van der Waals surface area contributed by atoms with E-state index in [0.717, 1.165) is 33.1 Å². The van der Waals surface area contributed by atoms with Crippen LogP contribution in [0, 0.1) is 0 Å². The van der Waals surface area contributed by atoms with Crippen LogP contribution in [0.15, 0.2) is 72.4 Å². The van der Waals surface area contributed by atoms with Crippen LogP contribution in [0.5, 0.6) is 11.5 Å². The van der Waals surface area contributed by atoms with Gasteiger partial charge in [0.15, 0.2) is 6.61 Å².